The molecule has 0 saturated carbocycles. The molecule has 0 amide bonds. The Bertz CT molecular complexity index is 652. The molecule has 0 spiro atoms. The van der Waals surface area contributed by atoms with Gasteiger partial charge in [-0.15, -0.1) is 0 Å². The van der Waals surface area contributed by atoms with Crippen LogP contribution in [0.5, 0.6) is 0 Å². The topological polar surface area (TPSA) is 21.3 Å². The summed E-state index contributed by atoms with van der Waals surface area (Å²) in [5, 5.41) is 3.76. The summed E-state index contributed by atoms with van der Waals surface area (Å²) < 4.78 is 6.15. The van der Waals surface area contributed by atoms with Gasteiger partial charge in [0, 0.05) is 23.8 Å². The molecule has 1 fully saturated rings. The largest absolute Gasteiger partial charge is 0.378 e. The number of rotatable bonds is 1. The van der Waals surface area contributed by atoms with Crippen molar-refractivity contribution in [2.75, 3.05) is 11.9 Å². The van der Waals surface area contributed by atoms with Crippen LogP contribution in [0.25, 0.3) is 0 Å². The Kier molecular flexibility index (Phi) is 3.19. The fraction of sp³-hybridized carbons (Fsp3) is 0.368. The van der Waals surface area contributed by atoms with Crippen molar-refractivity contribution in [1.82, 2.24) is 0 Å². The molecule has 2 aromatic rings. The molecule has 2 heterocycles. The number of aryl methyl sites for hydroxylation is 1. The van der Waals surface area contributed by atoms with Crippen molar-refractivity contribution in [2.24, 2.45) is 5.92 Å². The highest BCUT2D eigenvalue weighted by molar-refractivity contribution is 5.57. The highest BCUT2D eigenvalue weighted by Crippen LogP contribution is 2.48. The van der Waals surface area contributed by atoms with E-state index in [1.165, 1.54) is 28.8 Å². The maximum atomic E-state index is 6.15. The molecule has 21 heavy (non-hydrogen) atoms. The van der Waals surface area contributed by atoms with Crippen molar-refractivity contribution >= 4 is 5.69 Å². The third-order valence-corrected chi connectivity index (χ3v) is 4.78. The number of hydrogen-bond donors (Lipinski definition) is 1. The monoisotopic (exact) mass is 279 g/mol. The molecule has 2 aliphatic rings. The summed E-state index contributed by atoms with van der Waals surface area (Å²) in [5.41, 5.74) is 5.25. The molecule has 4 rings (SSSR count). The molecule has 108 valence electrons. The summed E-state index contributed by atoms with van der Waals surface area (Å²) in [6, 6.07) is 17.8. The predicted octanol–water partition coefficient (Wildman–Crippen LogP) is 4.63. The van der Waals surface area contributed by atoms with E-state index in [0.717, 1.165) is 13.0 Å². The van der Waals surface area contributed by atoms with Crippen LogP contribution in [0.4, 0.5) is 5.69 Å². The van der Waals surface area contributed by atoms with Crippen LogP contribution in [0.2, 0.25) is 0 Å². The van der Waals surface area contributed by atoms with Crippen LogP contribution in [0.3, 0.4) is 0 Å². The lowest BCUT2D eigenvalue weighted by molar-refractivity contribution is -0.0381. The molecule has 2 aromatic carbocycles. The summed E-state index contributed by atoms with van der Waals surface area (Å²) in [4.78, 5) is 0. The normalized spacial score (nSPS) is 27.4. The van der Waals surface area contributed by atoms with E-state index in [-0.39, 0.29) is 6.10 Å². The number of fused-ring (bicyclic) bond motifs is 3. The Morgan fingerprint density at radius 3 is 2.90 bits per heavy atom. The smallest absolute Gasteiger partial charge is 0.0895 e. The van der Waals surface area contributed by atoms with Crippen LogP contribution in [0.15, 0.2) is 48.5 Å². The molecule has 2 nitrogen and oxygen atoms in total. The van der Waals surface area contributed by atoms with E-state index in [4.69, 9.17) is 4.74 Å². The first-order chi connectivity index (χ1) is 10.3. The molecule has 0 aliphatic carbocycles. The van der Waals surface area contributed by atoms with Crippen molar-refractivity contribution < 1.29 is 4.74 Å². The zero-order valence-corrected chi connectivity index (χ0v) is 12.4. The van der Waals surface area contributed by atoms with Gasteiger partial charge in [-0.05, 0) is 31.4 Å². The summed E-state index contributed by atoms with van der Waals surface area (Å²) >= 11 is 0. The molecule has 0 bridgehead atoms. The molecule has 0 radical (unpaired) electrons. The quantitative estimate of drug-likeness (QED) is 0.821. The van der Waals surface area contributed by atoms with Crippen LogP contribution in [-0.4, -0.2) is 6.61 Å². The van der Waals surface area contributed by atoms with Crippen molar-refractivity contribution in [1.29, 1.82) is 0 Å². The Morgan fingerprint density at radius 1 is 1.10 bits per heavy atom. The van der Waals surface area contributed by atoms with Gasteiger partial charge < -0.3 is 10.1 Å². The van der Waals surface area contributed by atoms with E-state index in [1.807, 2.05) is 0 Å². The highest BCUT2D eigenvalue weighted by atomic mass is 16.5. The predicted molar refractivity (Wildman–Crippen MR) is 85.4 cm³/mol. The van der Waals surface area contributed by atoms with Crippen LogP contribution < -0.4 is 5.32 Å². The first-order valence-electron chi connectivity index (χ1n) is 7.86. The van der Waals surface area contributed by atoms with Gasteiger partial charge in [0.1, 0.15) is 0 Å². The summed E-state index contributed by atoms with van der Waals surface area (Å²) in [7, 11) is 0. The average Bonchev–Trinajstić information content (AvgIpc) is 2.54. The average molecular weight is 279 g/mol. The SMILES string of the molecule is Cc1cccc([C@@H]2Nc3ccccc3[C@H]3OCCC[C@H]32)c1. The summed E-state index contributed by atoms with van der Waals surface area (Å²) in [6.45, 7) is 3.05. The van der Waals surface area contributed by atoms with Crippen molar-refractivity contribution in [2.45, 2.75) is 31.9 Å². The van der Waals surface area contributed by atoms with Crippen molar-refractivity contribution in [3.63, 3.8) is 0 Å². The van der Waals surface area contributed by atoms with Gasteiger partial charge >= 0.3 is 0 Å². The van der Waals surface area contributed by atoms with Crippen LogP contribution in [-0.2, 0) is 4.74 Å². The number of ether oxygens (including phenoxy) is 1. The second kappa shape index (κ2) is 5.19. The number of para-hydroxylation sites is 1. The Morgan fingerprint density at radius 2 is 2.00 bits per heavy atom. The number of hydrogen-bond acceptors (Lipinski definition) is 2. The molecule has 3 atom stereocenters. The maximum Gasteiger partial charge on any atom is 0.0895 e. The van der Waals surface area contributed by atoms with Crippen molar-refractivity contribution in [3.8, 4) is 0 Å². The van der Waals surface area contributed by atoms with Gasteiger partial charge in [0.15, 0.2) is 0 Å². The first kappa shape index (κ1) is 12.9. The van der Waals surface area contributed by atoms with E-state index in [0.29, 0.717) is 12.0 Å². The van der Waals surface area contributed by atoms with E-state index in [2.05, 4.69) is 60.8 Å². The molecule has 2 aliphatic heterocycles. The minimum Gasteiger partial charge on any atom is -0.378 e. The number of benzene rings is 2. The minimum atomic E-state index is 0.238. The lowest BCUT2D eigenvalue weighted by Crippen LogP contribution is -2.35. The lowest BCUT2D eigenvalue weighted by atomic mass is 9.77. The molecular formula is C19H21NO. The Balaban J connectivity index is 1.78. The fourth-order valence-corrected chi connectivity index (χ4v) is 3.81. The Labute approximate surface area is 126 Å². The minimum absolute atomic E-state index is 0.238. The number of nitrogens with one attached hydrogen (secondary N) is 1. The number of anilines is 1. The highest BCUT2D eigenvalue weighted by Gasteiger charge is 2.39. The van der Waals surface area contributed by atoms with E-state index in [9.17, 15) is 0 Å². The first-order valence-corrected chi connectivity index (χ1v) is 7.86. The third-order valence-electron chi connectivity index (χ3n) is 4.78. The van der Waals surface area contributed by atoms with Gasteiger partial charge in [0.2, 0.25) is 0 Å². The van der Waals surface area contributed by atoms with Crippen molar-refractivity contribution in [3.05, 3.63) is 65.2 Å². The molecule has 1 N–H and O–H groups in total. The van der Waals surface area contributed by atoms with Gasteiger partial charge in [0.05, 0.1) is 12.1 Å². The van der Waals surface area contributed by atoms with Crippen LogP contribution >= 0.6 is 0 Å². The fourth-order valence-electron chi connectivity index (χ4n) is 3.81. The summed E-state index contributed by atoms with van der Waals surface area (Å²) in [6.07, 6.45) is 2.62. The summed E-state index contributed by atoms with van der Waals surface area (Å²) in [5.74, 6) is 0.524. The van der Waals surface area contributed by atoms with E-state index < -0.39 is 0 Å². The molecule has 2 heteroatoms. The van der Waals surface area contributed by atoms with Gasteiger partial charge in [-0.2, -0.15) is 0 Å². The standard InChI is InChI=1S/C19H21NO/c1-13-6-4-7-14(12-13)18-16-9-5-11-21-19(16)15-8-2-3-10-17(15)20-18/h2-4,6-8,10,12,16,18-20H,5,9,11H2,1H3/t16-,18-,19+/m0/s1. The molecular weight excluding hydrogens is 258 g/mol. The Hall–Kier alpha value is -1.80. The van der Waals surface area contributed by atoms with E-state index >= 15 is 0 Å². The van der Waals surface area contributed by atoms with Crippen LogP contribution in [0.1, 0.15) is 41.7 Å². The maximum absolute atomic E-state index is 6.15. The van der Waals surface area contributed by atoms with Gasteiger partial charge in [-0.25, -0.2) is 0 Å². The van der Waals surface area contributed by atoms with Gasteiger partial charge in [0.25, 0.3) is 0 Å². The van der Waals surface area contributed by atoms with Gasteiger partial charge in [-0.1, -0.05) is 48.0 Å². The second-order valence-corrected chi connectivity index (χ2v) is 6.22. The molecule has 0 unspecified atom stereocenters. The lowest BCUT2D eigenvalue weighted by Gasteiger charge is -2.43. The zero-order valence-electron chi connectivity index (χ0n) is 12.4. The van der Waals surface area contributed by atoms with Crippen LogP contribution in [0, 0.1) is 12.8 Å². The molecule has 1 saturated heterocycles. The third kappa shape index (κ3) is 2.24. The zero-order chi connectivity index (χ0) is 14.2. The molecule has 0 aromatic heterocycles. The van der Waals surface area contributed by atoms with Gasteiger partial charge in [-0.3, -0.25) is 0 Å². The second-order valence-electron chi connectivity index (χ2n) is 6.22. The van der Waals surface area contributed by atoms with E-state index in [1.54, 1.807) is 0 Å².